The summed E-state index contributed by atoms with van der Waals surface area (Å²) in [5, 5.41) is 10.2. The number of hydrogen-bond donors (Lipinski definition) is 1. The lowest BCUT2D eigenvalue weighted by molar-refractivity contribution is -0.153. The summed E-state index contributed by atoms with van der Waals surface area (Å²) in [4.78, 5) is 13.0. The maximum Gasteiger partial charge on any atom is 0.234 e. The Kier molecular flexibility index (Phi) is 8.72. The first kappa shape index (κ1) is 21.4. The molecule has 2 unspecified atom stereocenters. The third kappa shape index (κ3) is 6.61. The Morgan fingerprint density at radius 3 is 2.56 bits per heavy atom. The van der Waals surface area contributed by atoms with Crippen molar-refractivity contribution in [3.63, 3.8) is 0 Å². The van der Waals surface area contributed by atoms with Gasteiger partial charge in [0.05, 0.1) is 16.7 Å². The van der Waals surface area contributed by atoms with Gasteiger partial charge >= 0.3 is 0 Å². The van der Waals surface area contributed by atoms with E-state index in [4.69, 9.17) is 0 Å². The minimum absolute atomic E-state index is 0.0743. The Bertz CT molecular complexity index is 682. The van der Waals surface area contributed by atoms with Crippen molar-refractivity contribution in [1.29, 1.82) is 0 Å². The molecule has 0 radical (unpaired) electrons. The van der Waals surface area contributed by atoms with Gasteiger partial charge in [-0.2, -0.15) is 0 Å². The fourth-order valence-corrected chi connectivity index (χ4v) is 4.04. The first-order valence-electron chi connectivity index (χ1n) is 9.10. The first-order chi connectivity index (χ1) is 13.0. The molecular formula is C19H26FN3O3S. The molecule has 0 aliphatic carbocycles. The standard InChI is InChI=1S/C19H26FN3O3S/c1-2-3-4-5-6-19(23(25)16-24)15-27(26)22-13-11-21(12-14-22)18-9-7-17(20)8-10-18/h7-10,16,19,25H,2-4,11-15H2,1H3. The van der Waals surface area contributed by atoms with Crippen molar-refractivity contribution in [2.75, 3.05) is 36.8 Å². The van der Waals surface area contributed by atoms with Crippen LogP contribution in [-0.2, 0) is 15.8 Å². The zero-order chi connectivity index (χ0) is 19.6. The number of halogens is 1. The van der Waals surface area contributed by atoms with Crippen LogP contribution in [0.3, 0.4) is 0 Å². The summed E-state index contributed by atoms with van der Waals surface area (Å²) in [7, 11) is -1.36. The van der Waals surface area contributed by atoms with Crippen molar-refractivity contribution in [2.24, 2.45) is 0 Å². The maximum atomic E-state index is 13.0. The second-order valence-electron chi connectivity index (χ2n) is 6.31. The van der Waals surface area contributed by atoms with Gasteiger partial charge in [0.1, 0.15) is 11.9 Å². The number of carbonyl (C=O) groups is 1. The van der Waals surface area contributed by atoms with E-state index < -0.39 is 17.0 Å². The first-order valence-corrected chi connectivity index (χ1v) is 10.4. The van der Waals surface area contributed by atoms with Gasteiger partial charge in [0.2, 0.25) is 6.41 Å². The van der Waals surface area contributed by atoms with E-state index in [9.17, 15) is 18.6 Å². The molecule has 1 saturated heterocycles. The Balaban J connectivity index is 1.89. The van der Waals surface area contributed by atoms with Crippen LogP contribution >= 0.6 is 0 Å². The molecule has 1 amide bonds. The van der Waals surface area contributed by atoms with E-state index in [0.717, 1.165) is 18.5 Å². The van der Waals surface area contributed by atoms with Gasteiger partial charge in [-0.05, 0) is 30.7 Å². The predicted molar refractivity (Wildman–Crippen MR) is 104 cm³/mol. The Hall–Kier alpha value is -1.95. The minimum atomic E-state index is -1.36. The molecule has 2 rings (SSSR count). The molecule has 1 aromatic carbocycles. The minimum Gasteiger partial charge on any atom is -0.369 e. The molecule has 1 aliphatic rings. The van der Waals surface area contributed by atoms with Crippen LogP contribution in [0.1, 0.15) is 26.2 Å². The van der Waals surface area contributed by atoms with Crippen LogP contribution in [0.5, 0.6) is 0 Å². The smallest absolute Gasteiger partial charge is 0.234 e. The highest BCUT2D eigenvalue weighted by Crippen LogP contribution is 2.17. The van der Waals surface area contributed by atoms with Crippen LogP contribution in [-0.4, -0.2) is 63.2 Å². The molecular weight excluding hydrogens is 369 g/mol. The van der Waals surface area contributed by atoms with E-state index in [0.29, 0.717) is 44.1 Å². The third-order valence-electron chi connectivity index (χ3n) is 4.37. The van der Waals surface area contributed by atoms with Gasteiger partial charge in [-0.15, -0.1) is 5.92 Å². The topological polar surface area (TPSA) is 64.1 Å². The lowest BCUT2D eigenvalue weighted by Gasteiger charge is -2.35. The third-order valence-corrected chi connectivity index (χ3v) is 5.91. The second kappa shape index (κ2) is 11.0. The molecule has 2 atom stereocenters. The average molecular weight is 396 g/mol. The van der Waals surface area contributed by atoms with Crippen molar-refractivity contribution in [1.82, 2.24) is 9.37 Å². The number of carbonyl (C=O) groups excluding carboxylic acids is 1. The van der Waals surface area contributed by atoms with Crippen LogP contribution in [0.15, 0.2) is 24.3 Å². The normalized spacial score (nSPS) is 16.9. The summed E-state index contributed by atoms with van der Waals surface area (Å²) < 4.78 is 27.5. The number of benzene rings is 1. The number of amides is 1. The van der Waals surface area contributed by atoms with E-state index in [-0.39, 0.29) is 11.6 Å². The fourth-order valence-electron chi connectivity index (χ4n) is 2.76. The number of unbranched alkanes of at least 4 members (excludes halogenated alkanes) is 2. The number of nitrogens with zero attached hydrogens (tertiary/aromatic N) is 3. The molecule has 0 aromatic heterocycles. The van der Waals surface area contributed by atoms with Gasteiger partial charge in [-0.3, -0.25) is 10.0 Å². The molecule has 0 bridgehead atoms. The van der Waals surface area contributed by atoms with Crippen LogP contribution < -0.4 is 4.90 Å². The van der Waals surface area contributed by atoms with Gasteiger partial charge in [-0.25, -0.2) is 18.0 Å². The van der Waals surface area contributed by atoms with Crippen molar-refractivity contribution in [2.45, 2.75) is 32.2 Å². The van der Waals surface area contributed by atoms with Crippen LogP contribution in [0.4, 0.5) is 10.1 Å². The van der Waals surface area contributed by atoms with E-state index in [1.165, 1.54) is 12.1 Å². The maximum absolute atomic E-state index is 13.0. The highest BCUT2D eigenvalue weighted by molar-refractivity contribution is 7.82. The van der Waals surface area contributed by atoms with Gasteiger partial charge in [0.25, 0.3) is 0 Å². The van der Waals surface area contributed by atoms with Crippen molar-refractivity contribution in [3.8, 4) is 11.8 Å². The average Bonchev–Trinajstić information content (AvgIpc) is 2.70. The number of rotatable bonds is 8. The Labute approximate surface area is 162 Å². The van der Waals surface area contributed by atoms with Gasteiger partial charge in [0.15, 0.2) is 0 Å². The molecule has 1 N–H and O–H groups in total. The van der Waals surface area contributed by atoms with Gasteiger partial charge < -0.3 is 4.90 Å². The number of hydrogen-bond acceptors (Lipinski definition) is 4. The van der Waals surface area contributed by atoms with Crippen LogP contribution in [0, 0.1) is 17.7 Å². The summed E-state index contributed by atoms with van der Waals surface area (Å²) >= 11 is 0. The number of piperazine rings is 1. The molecule has 1 aromatic rings. The summed E-state index contributed by atoms with van der Waals surface area (Å²) in [6.45, 7) is 4.55. The summed E-state index contributed by atoms with van der Waals surface area (Å²) in [6.07, 6.45) is 2.94. The van der Waals surface area contributed by atoms with Crippen molar-refractivity contribution >= 4 is 23.1 Å². The van der Waals surface area contributed by atoms with Crippen LogP contribution in [0.2, 0.25) is 0 Å². The molecule has 8 heteroatoms. The SMILES string of the molecule is CCCCC#CC(CS(=O)N1CCN(c2ccc(F)cc2)CC1)N(O)C=O. The predicted octanol–water partition coefficient (Wildman–Crippen LogP) is 2.02. The Morgan fingerprint density at radius 2 is 1.96 bits per heavy atom. The summed E-state index contributed by atoms with van der Waals surface area (Å²) in [6, 6.07) is 5.54. The number of hydroxylamine groups is 2. The molecule has 0 spiro atoms. The van der Waals surface area contributed by atoms with Crippen molar-refractivity contribution < 1.29 is 18.6 Å². The van der Waals surface area contributed by atoms with Gasteiger partial charge in [-0.1, -0.05) is 19.3 Å². The fraction of sp³-hybridized carbons (Fsp3) is 0.526. The lowest BCUT2D eigenvalue weighted by atomic mass is 10.2. The number of anilines is 1. The molecule has 1 aliphatic heterocycles. The van der Waals surface area contributed by atoms with E-state index in [1.807, 2.05) is 4.31 Å². The monoisotopic (exact) mass is 395 g/mol. The van der Waals surface area contributed by atoms with E-state index >= 15 is 0 Å². The largest absolute Gasteiger partial charge is 0.369 e. The van der Waals surface area contributed by atoms with Crippen LogP contribution in [0.25, 0.3) is 0 Å². The molecule has 1 fully saturated rings. The molecule has 0 saturated carbocycles. The van der Waals surface area contributed by atoms with E-state index in [2.05, 4.69) is 23.7 Å². The highest BCUT2D eigenvalue weighted by atomic mass is 32.2. The Morgan fingerprint density at radius 1 is 1.30 bits per heavy atom. The zero-order valence-electron chi connectivity index (χ0n) is 15.5. The highest BCUT2D eigenvalue weighted by Gasteiger charge is 2.25. The second-order valence-corrected chi connectivity index (χ2v) is 7.80. The molecule has 27 heavy (non-hydrogen) atoms. The summed E-state index contributed by atoms with van der Waals surface area (Å²) in [5.41, 5.74) is 0.934. The van der Waals surface area contributed by atoms with Crippen molar-refractivity contribution in [3.05, 3.63) is 30.1 Å². The molecule has 1 heterocycles. The molecule has 148 valence electrons. The van der Waals surface area contributed by atoms with E-state index in [1.54, 1.807) is 12.1 Å². The molecule has 6 nitrogen and oxygen atoms in total. The zero-order valence-corrected chi connectivity index (χ0v) is 16.3. The summed E-state index contributed by atoms with van der Waals surface area (Å²) in [5.74, 6) is 5.59. The lowest BCUT2D eigenvalue weighted by Crippen LogP contribution is -2.49. The quantitative estimate of drug-likeness (QED) is 0.241. The van der Waals surface area contributed by atoms with Gasteiger partial charge in [0, 0.05) is 38.3 Å².